The van der Waals surface area contributed by atoms with E-state index in [1.807, 2.05) is 30.3 Å². The molecule has 0 radical (unpaired) electrons. The molecule has 5 nitrogen and oxygen atoms in total. The van der Waals surface area contributed by atoms with E-state index in [0.717, 1.165) is 11.1 Å². The highest BCUT2D eigenvalue weighted by Gasteiger charge is 2.23. The number of carbonyl (C=O) groups is 1. The number of aromatic nitrogens is 1. The van der Waals surface area contributed by atoms with Gasteiger partial charge in [-0.3, -0.25) is 4.79 Å². The summed E-state index contributed by atoms with van der Waals surface area (Å²) >= 11 is 12.5. The highest BCUT2D eigenvalue weighted by Crippen LogP contribution is 2.33. The number of halogens is 2. The SMILES string of the molecule is O=C(c1cnc(Nc2cccc(Cl)c2)c2cccc(Cl)c12)N1CCOCC1. The zero-order valence-electron chi connectivity index (χ0n) is 14.4. The molecule has 27 heavy (non-hydrogen) atoms. The summed E-state index contributed by atoms with van der Waals surface area (Å²) in [6, 6.07) is 12.9. The number of nitrogens with one attached hydrogen (secondary N) is 1. The van der Waals surface area contributed by atoms with Crippen molar-refractivity contribution in [2.75, 3.05) is 31.6 Å². The van der Waals surface area contributed by atoms with Crippen LogP contribution in [0.4, 0.5) is 11.5 Å². The summed E-state index contributed by atoms with van der Waals surface area (Å²) in [5.41, 5.74) is 1.30. The first-order chi connectivity index (χ1) is 13.1. The molecule has 3 aromatic rings. The van der Waals surface area contributed by atoms with Crippen LogP contribution < -0.4 is 5.32 Å². The molecule has 2 aromatic carbocycles. The molecule has 1 N–H and O–H groups in total. The van der Waals surface area contributed by atoms with E-state index in [0.29, 0.717) is 53.1 Å². The van der Waals surface area contributed by atoms with Crippen molar-refractivity contribution < 1.29 is 9.53 Å². The quantitative estimate of drug-likeness (QED) is 0.687. The fraction of sp³-hybridized carbons (Fsp3) is 0.200. The van der Waals surface area contributed by atoms with Crippen molar-refractivity contribution >= 4 is 51.4 Å². The Morgan fingerprint density at radius 1 is 1.11 bits per heavy atom. The van der Waals surface area contributed by atoms with Crippen molar-refractivity contribution in [2.24, 2.45) is 0 Å². The van der Waals surface area contributed by atoms with E-state index >= 15 is 0 Å². The maximum Gasteiger partial charge on any atom is 0.256 e. The van der Waals surface area contributed by atoms with Gasteiger partial charge in [0.15, 0.2) is 0 Å². The van der Waals surface area contributed by atoms with Gasteiger partial charge in [-0.25, -0.2) is 4.98 Å². The van der Waals surface area contributed by atoms with Crippen LogP contribution in [0.25, 0.3) is 10.8 Å². The minimum Gasteiger partial charge on any atom is -0.378 e. The van der Waals surface area contributed by atoms with Crippen molar-refractivity contribution in [3.63, 3.8) is 0 Å². The number of fused-ring (bicyclic) bond motifs is 1. The summed E-state index contributed by atoms with van der Waals surface area (Å²) < 4.78 is 5.34. The lowest BCUT2D eigenvalue weighted by Crippen LogP contribution is -2.40. The van der Waals surface area contributed by atoms with Gasteiger partial charge < -0.3 is 15.0 Å². The third kappa shape index (κ3) is 3.72. The van der Waals surface area contributed by atoms with Gasteiger partial charge in [0, 0.05) is 45.8 Å². The second-order valence-corrected chi connectivity index (χ2v) is 7.07. The Morgan fingerprint density at radius 2 is 1.89 bits per heavy atom. The molecule has 4 rings (SSSR count). The summed E-state index contributed by atoms with van der Waals surface area (Å²) in [5, 5.41) is 5.87. The number of pyridine rings is 1. The molecule has 138 valence electrons. The van der Waals surface area contributed by atoms with Gasteiger partial charge in [0.1, 0.15) is 5.82 Å². The van der Waals surface area contributed by atoms with E-state index in [-0.39, 0.29) is 5.91 Å². The van der Waals surface area contributed by atoms with Crippen molar-refractivity contribution in [1.82, 2.24) is 9.88 Å². The number of nitrogens with zero attached hydrogens (tertiary/aromatic N) is 2. The normalized spacial score (nSPS) is 14.4. The Morgan fingerprint density at radius 3 is 2.67 bits per heavy atom. The Hall–Kier alpha value is -2.34. The van der Waals surface area contributed by atoms with Crippen molar-refractivity contribution in [2.45, 2.75) is 0 Å². The molecule has 1 aliphatic heterocycles. The minimum atomic E-state index is -0.0850. The zero-order chi connectivity index (χ0) is 18.8. The molecule has 0 bridgehead atoms. The van der Waals surface area contributed by atoms with Gasteiger partial charge in [0.25, 0.3) is 5.91 Å². The van der Waals surface area contributed by atoms with Gasteiger partial charge in [0.2, 0.25) is 0 Å². The summed E-state index contributed by atoms with van der Waals surface area (Å²) in [7, 11) is 0. The van der Waals surface area contributed by atoms with E-state index < -0.39 is 0 Å². The average molecular weight is 402 g/mol. The lowest BCUT2D eigenvalue weighted by Gasteiger charge is -2.27. The molecule has 2 heterocycles. The van der Waals surface area contributed by atoms with Crippen LogP contribution in [0.3, 0.4) is 0 Å². The molecular weight excluding hydrogens is 385 g/mol. The van der Waals surface area contributed by atoms with Crippen molar-refractivity contribution in [1.29, 1.82) is 0 Å². The van der Waals surface area contributed by atoms with Gasteiger partial charge in [-0.05, 0) is 24.3 Å². The third-order valence-electron chi connectivity index (χ3n) is 4.48. The Balaban J connectivity index is 1.77. The Kier molecular flexibility index (Phi) is 5.16. The van der Waals surface area contributed by atoms with Gasteiger partial charge in [-0.2, -0.15) is 0 Å². The second kappa shape index (κ2) is 7.72. The number of hydrogen-bond donors (Lipinski definition) is 1. The van der Waals surface area contributed by atoms with Crippen LogP contribution in [-0.4, -0.2) is 42.1 Å². The molecule has 1 saturated heterocycles. The molecule has 7 heteroatoms. The second-order valence-electron chi connectivity index (χ2n) is 6.22. The van der Waals surface area contributed by atoms with Gasteiger partial charge in [-0.15, -0.1) is 0 Å². The number of ether oxygens (including phenoxy) is 1. The lowest BCUT2D eigenvalue weighted by atomic mass is 10.1. The monoisotopic (exact) mass is 401 g/mol. The molecular formula is C20H17Cl2N3O2. The summed E-state index contributed by atoms with van der Waals surface area (Å²) in [5.74, 6) is 0.534. The van der Waals surface area contributed by atoms with Crippen LogP contribution in [-0.2, 0) is 4.74 Å². The first kappa shape index (κ1) is 18.0. The first-order valence-electron chi connectivity index (χ1n) is 8.60. The summed E-state index contributed by atoms with van der Waals surface area (Å²) in [4.78, 5) is 19.3. The Bertz CT molecular complexity index is 1000. The zero-order valence-corrected chi connectivity index (χ0v) is 15.9. The van der Waals surface area contributed by atoms with Crippen LogP contribution in [0.2, 0.25) is 10.0 Å². The smallest absolute Gasteiger partial charge is 0.256 e. The highest BCUT2D eigenvalue weighted by atomic mass is 35.5. The predicted octanol–water partition coefficient (Wildman–Crippen LogP) is 4.76. The number of carbonyl (C=O) groups excluding carboxylic acids is 1. The average Bonchev–Trinajstić information content (AvgIpc) is 2.69. The predicted molar refractivity (Wildman–Crippen MR) is 108 cm³/mol. The molecule has 0 atom stereocenters. The number of hydrogen-bond acceptors (Lipinski definition) is 4. The standard InChI is InChI=1S/C20H17Cl2N3O2/c21-13-3-1-4-14(11-13)24-19-15-5-2-6-17(22)18(15)16(12-23-19)20(26)25-7-9-27-10-8-25/h1-6,11-12H,7-10H2,(H,23,24). The summed E-state index contributed by atoms with van der Waals surface area (Å²) in [6.45, 7) is 2.21. The van der Waals surface area contributed by atoms with Crippen LogP contribution >= 0.6 is 23.2 Å². The molecule has 1 aromatic heterocycles. The molecule has 1 amide bonds. The van der Waals surface area contributed by atoms with E-state index in [1.165, 1.54) is 0 Å². The van der Waals surface area contributed by atoms with Gasteiger partial charge in [-0.1, -0.05) is 41.4 Å². The Labute approximate surface area is 166 Å². The number of morpholine rings is 1. The number of anilines is 2. The van der Waals surface area contributed by atoms with E-state index in [2.05, 4.69) is 10.3 Å². The molecule has 0 saturated carbocycles. The van der Waals surface area contributed by atoms with Crippen molar-refractivity contribution in [3.8, 4) is 0 Å². The van der Waals surface area contributed by atoms with E-state index in [4.69, 9.17) is 27.9 Å². The number of rotatable bonds is 3. The molecule has 0 spiro atoms. The number of amides is 1. The highest BCUT2D eigenvalue weighted by molar-refractivity contribution is 6.37. The van der Waals surface area contributed by atoms with E-state index in [9.17, 15) is 4.79 Å². The summed E-state index contributed by atoms with van der Waals surface area (Å²) in [6.07, 6.45) is 1.58. The largest absolute Gasteiger partial charge is 0.378 e. The van der Waals surface area contributed by atoms with Crippen LogP contribution in [0.1, 0.15) is 10.4 Å². The molecule has 1 aliphatic rings. The van der Waals surface area contributed by atoms with Crippen LogP contribution in [0.15, 0.2) is 48.7 Å². The fourth-order valence-corrected chi connectivity index (χ4v) is 3.63. The van der Waals surface area contributed by atoms with Crippen molar-refractivity contribution in [3.05, 3.63) is 64.3 Å². The lowest BCUT2D eigenvalue weighted by molar-refractivity contribution is 0.0304. The third-order valence-corrected chi connectivity index (χ3v) is 5.03. The fourth-order valence-electron chi connectivity index (χ4n) is 3.16. The first-order valence-corrected chi connectivity index (χ1v) is 9.36. The van der Waals surface area contributed by atoms with Crippen LogP contribution in [0, 0.1) is 0 Å². The van der Waals surface area contributed by atoms with Crippen LogP contribution in [0.5, 0.6) is 0 Å². The van der Waals surface area contributed by atoms with E-state index in [1.54, 1.807) is 23.2 Å². The van der Waals surface area contributed by atoms with Gasteiger partial charge in [0.05, 0.1) is 18.8 Å². The van der Waals surface area contributed by atoms with Gasteiger partial charge >= 0.3 is 0 Å². The molecule has 1 fully saturated rings. The maximum absolute atomic E-state index is 13.0. The maximum atomic E-state index is 13.0. The number of benzene rings is 2. The molecule has 0 aliphatic carbocycles. The minimum absolute atomic E-state index is 0.0850. The topological polar surface area (TPSA) is 54.5 Å². The molecule has 0 unspecified atom stereocenters.